The van der Waals surface area contributed by atoms with Crippen molar-refractivity contribution in [1.82, 2.24) is 5.32 Å². The maximum Gasteiger partial charge on any atom is 0.412 e. The summed E-state index contributed by atoms with van der Waals surface area (Å²) in [7, 11) is -4.38. The number of halogens is 4. The first-order valence-electron chi connectivity index (χ1n) is 7.44. The Morgan fingerprint density at radius 2 is 1.62 bits per heavy atom. The second kappa shape index (κ2) is 8.18. The fourth-order valence-corrected chi connectivity index (χ4v) is 5.21. The highest BCUT2D eigenvalue weighted by Gasteiger charge is 2.65. The van der Waals surface area contributed by atoms with E-state index in [1.54, 1.807) is 13.8 Å². The lowest BCUT2D eigenvalue weighted by atomic mass is 9.68. The Balaban J connectivity index is 3.99. The van der Waals surface area contributed by atoms with Gasteiger partial charge in [0.1, 0.15) is 9.91 Å². The van der Waals surface area contributed by atoms with Gasteiger partial charge in [-0.2, -0.15) is 0 Å². The molecule has 12 heteroatoms. The van der Waals surface area contributed by atoms with Crippen LogP contribution < -0.4 is 15.1 Å². The number of nitrogens with one attached hydrogen (secondary N) is 1. The first-order chi connectivity index (χ1) is 11.7. The van der Waals surface area contributed by atoms with Gasteiger partial charge in [0.2, 0.25) is 0 Å². The second-order valence-corrected chi connectivity index (χ2v) is 9.01. The van der Waals surface area contributed by atoms with Gasteiger partial charge in [-0.25, -0.2) is 4.79 Å². The molecule has 7 nitrogen and oxygen atoms in total. The van der Waals surface area contributed by atoms with E-state index in [1.165, 1.54) is 20.9 Å². The minimum atomic E-state index is -5.65. The van der Waals surface area contributed by atoms with Crippen LogP contribution in [0.25, 0.3) is 0 Å². The first kappa shape index (κ1) is 24.1. The molecule has 150 valence electrons. The topological polar surface area (TPSA) is 111 Å². The summed E-state index contributed by atoms with van der Waals surface area (Å²) in [6, 6.07) is 0. The molecule has 1 aliphatic carbocycles. The summed E-state index contributed by atoms with van der Waals surface area (Å²) in [5.41, 5.74) is -2.22. The summed E-state index contributed by atoms with van der Waals surface area (Å²) < 4.78 is 21.7. The minimum Gasteiger partial charge on any atom is -0.790 e. The van der Waals surface area contributed by atoms with Crippen LogP contribution in [-0.2, 0) is 13.8 Å². The van der Waals surface area contributed by atoms with E-state index in [1.807, 2.05) is 0 Å². The summed E-state index contributed by atoms with van der Waals surface area (Å²) in [6.45, 7) is 6.24. The van der Waals surface area contributed by atoms with Crippen molar-refractivity contribution < 1.29 is 28.4 Å². The highest BCUT2D eigenvalue weighted by atomic mass is 35.5. The molecule has 0 aromatic carbocycles. The van der Waals surface area contributed by atoms with Gasteiger partial charge in [-0.1, -0.05) is 62.5 Å². The molecule has 1 amide bonds. The van der Waals surface area contributed by atoms with Crippen LogP contribution >= 0.6 is 54.2 Å². The lowest BCUT2D eigenvalue weighted by Gasteiger charge is -2.56. The van der Waals surface area contributed by atoms with Gasteiger partial charge >= 0.3 is 6.09 Å². The van der Waals surface area contributed by atoms with Crippen molar-refractivity contribution in [2.45, 2.75) is 38.2 Å². The first-order valence-corrected chi connectivity index (χ1v) is 10.4. The highest BCUT2D eigenvalue weighted by Crippen LogP contribution is 2.62. The standard InChI is InChI=1S/C14H20Cl4NO6P/c1-6(2)13(18)10(17)8(15)9(16)11(24-12(20)19-5)14(13,7(3)4)25-26(21,22)23/h6-7H,1-5H3,(H,19,20)(H2,21,22,23)/p-2. The number of alkyl halides is 1. The number of ether oxygens (including phenoxy) is 1. The number of alkyl carbamates (subject to hydrolysis) is 1. The van der Waals surface area contributed by atoms with Crippen molar-refractivity contribution >= 4 is 60.3 Å². The van der Waals surface area contributed by atoms with E-state index in [0.29, 0.717) is 0 Å². The maximum absolute atomic E-state index is 11.8. The summed E-state index contributed by atoms with van der Waals surface area (Å²) in [6.07, 6.45) is -0.997. The summed E-state index contributed by atoms with van der Waals surface area (Å²) in [5.74, 6) is -1.96. The predicted octanol–water partition coefficient (Wildman–Crippen LogP) is 3.37. The Labute approximate surface area is 171 Å². The Bertz CT molecular complexity index is 704. The van der Waals surface area contributed by atoms with Crippen molar-refractivity contribution in [3.05, 3.63) is 20.9 Å². The van der Waals surface area contributed by atoms with E-state index in [9.17, 15) is 19.1 Å². The molecule has 2 unspecified atom stereocenters. The SMILES string of the molecule is CNC(=O)OC1=C(Cl)C(Cl)=C(Cl)C(Cl)(C(C)C)C1(OP(=O)([O-])[O-])C(C)C. The predicted molar refractivity (Wildman–Crippen MR) is 96.8 cm³/mol. The van der Waals surface area contributed by atoms with Gasteiger partial charge in [-0.15, -0.1) is 11.6 Å². The molecule has 1 N–H and O–H groups in total. The molecule has 2 atom stereocenters. The maximum atomic E-state index is 11.8. The highest BCUT2D eigenvalue weighted by molar-refractivity contribution is 7.43. The number of allylic oxidation sites excluding steroid dienone is 2. The number of amides is 1. The molecule has 0 bridgehead atoms. The zero-order chi connectivity index (χ0) is 20.7. The van der Waals surface area contributed by atoms with E-state index < -0.39 is 42.0 Å². The zero-order valence-electron chi connectivity index (χ0n) is 14.6. The van der Waals surface area contributed by atoms with E-state index in [-0.39, 0.29) is 15.1 Å². The molecule has 0 aliphatic heterocycles. The largest absolute Gasteiger partial charge is 0.790 e. The van der Waals surface area contributed by atoms with Crippen LogP contribution in [0, 0.1) is 11.8 Å². The zero-order valence-corrected chi connectivity index (χ0v) is 18.5. The van der Waals surface area contributed by atoms with Gasteiger partial charge in [-0.05, 0) is 11.8 Å². The fourth-order valence-electron chi connectivity index (χ4n) is 2.87. The van der Waals surface area contributed by atoms with Crippen LogP contribution in [0.5, 0.6) is 0 Å². The van der Waals surface area contributed by atoms with Gasteiger partial charge in [0, 0.05) is 7.05 Å². The average Bonchev–Trinajstić information content (AvgIpc) is 2.52. The summed E-state index contributed by atoms with van der Waals surface area (Å²) in [5, 5.41) is 1.32. The molecule has 26 heavy (non-hydrogen) atoms. The molecule has 0 radical (unpaired) electrons. The third-order valence-corrected chi connectivity index (χ3v) is 6.98. The number of carbonyl (C=O) groups is 1. The van der Waals surface area contributed by atoms with Gasteiger partial charge in [-0.3, -0.25) is 0 Å². The van der Waals surface area contributed by atoms with Crippen molar-refractivity contribution in [1.29, 1.82) is 0 Å². The Morgan fingerprint density at radius 1 is 1.12 bits per heavy atom. The van der Waals surface area contributed by atoms with Crippen LogP contribution in [-0.4, -0.2) is 23.6 Å². The number of hydrogen-bond donors (Lipinski definition) is 1. The third-order valence-electron chi connectivity index (χ3n) is 4.05. The van der Waals surface area contributed by atoms with Crippen LogP contribution in [0.1, 0.15) is 27.7 Å². The van der Waals surface area contributed by atoms with Gasteiger partial charge in [0.15, 0.2) is 11.4 Å². The molecule has 0 fully saturated rings. The molecule has 0 aromatic rings. The van der Waals surface area contributed by atoms with Crippen molar-refractivity contribution in [3.8, 4) is 0 Å². The Kier molecular flexibility index (Phi) is 7.57. The third kappa shape index (κ3) is 3.91. The van der Waals surface area contributed by atoms with E-state index >= 15 is 0 Å². The number of rotatable bonds is 5. The van der Waals surface area contributed by atoms with E-state index in [4.69, 9.17) is 55.7 Å². The second-order valence-electron chi connectivity index (χ2n) is 6.21. The van der Waals surface area contributed by atoms with Crippen molar-refractivity contribution in [3.63, 3.8) is 0 Å². The van der Waals surface area contributed by atoms with Gasteiger partial charge in [0.05, 0.1) is 17.9 Å². The van der Waals surface area contributed by atoms with Crippen LogP contribution in [0.3, 0.4) is 0 Å². The average molecular weight is 469 g/mol. The quantitative estimate of drug-likeness (QED) is 0.489. The Morgan fingerprint density at radius 3 is 1.96 bits per heavy atom. The van der Waals surface area contributed by atoms with Crippen LogP contribution in [0.2, 0.25) is 0 Å². The number of phosphoric acid groups is 1. The monoisotopic (exact) mass is 467 g/mol. The van der Waals surface area contributed by atoms with Crippen molar-refractivity contribution in [2.24, 2.45) is 11.8 Å². The van der Waals surface area contributed by atoms with Gasteiger partial charge in [0.25, 0.3) is 0 Å². The number of phosphoric ester groups is 1. The number of hydrogen-bond acceptors (Lipinski definition) is 6. The molecule has 0 aromatic heterocycles. The fraction of sp³-hybridized carbons (Fsp3) is 0.643. The molecular weight excluding hydrogens is 451 g/mol. The van der Waals surface area contributed by atoms with Crippen LogP contribution in [0.15, 0.2) is 20.9 Å². The van der Waals surface area contributed by atoms with Gasteiger partial charge < -0.3 is 28.9 Å². The molecule has 0 spiro atoms. The minimum absolute atomic E-state index is 0.229. The molecule has 1 aliphatic rings. The normalized spacial score (nSPS) is 27.4. The molecular formula is C14H18Cl4NO6P-2. The van der Waals surface area contributed by atoms with E-state index in [2.05, 4.69) is 5.32 Å². The molecule has 0 heterocycles. The van der Waals surface area contributed by atoms with Crippen molar-refractivity contribution in [2.75, 3.05) is 7.05 Å². The molecule has 1 rings (SSSR count). The molecule has 0 saturated carbocycles. The lowest BCUT2D eigenvalue weighted by molar-refractivity contribution is -0.352. The van der Waals surface area contributed by atoms with E-state index in [0.717, 1.165) is 0 Å². The summed E-state index contributed by atoms with van der Waals surface area (Å²) >= 11 is 25.4. The molecule has 0 saturated heterocycles. The van der Waals surface area contributed by atoms with Crippen LogP contribution in [0.4, 0.5) is 4.79 Å². The summed E-state index contributed by atoms with van der Waals surface area (Å²) in [4.78, 5) is 33.1. The lowest BCUT2D eigenvalue weighted by Crippen LogP contribution is -2.63. The Hall–Kier alpha value is 0.0200. The smallest absolute Gasteiger partial charge is 0.412 e. The number of carbonyl (C=O) groups excluding carboxylic acids is 1.